The normalized spacial score (nSPS) is 25.7. The van der Waals surface area contributed by atoms with Crippen LogP contribution in [0.25, 0.3) is 0 Å². The molecule has 1 saturated carbocycles. The van der Waals surface area contributed by atoms with Crippen molar-refractivity contribution in [2.45, 2.75) is 42.7 Å². The lowest BCUT2D eigenvalue weighted by Crippen LogP contribution is -2.38. The van der Waals surface area contributed by atoms with Gasteiger partial charge in [-0.1, -0.05) is 18.2 Å². The highest BCUT2D eigenvalue weighted by Gasteiger charge is 2.24. The summed E-state index contributed by atoms with van der Waals surface area (Å²) in [6.07, 6.45) is 2.47. The first-order valence-corrected chi connectivity index (χ1v) is 7.32. The number of sulfonamides is 1. The summed E-state index contributed by atoms with van der Waals surface area (Å²) >= 11 is 0. The van der Waals surface area contributed by atoms with Gasteiger partial charge in [0, 0.05) is 6.04 Å². The molecule has 2 rings (SSSR count). The minimum Gasteiger partial charge on any atom is -0.393 e. The van der Waals surface area contributed by atoms with Crippen LogP contribution in [0.15, 0.2) is 35.2 Å². The van der Waals surface area contributed by atoms with E-state index in [1.807, 2.05) is 0 Å². The van der Waals surface area contributed by atoms with Crippen molar-refractivity contribution in [3.63, 3.8) is 0 Å². The minimum atomic E-state index is -3.41. The second-order valence-electron chi connectivity index (χ2n) is 4.44. The molecule has 0 aromatic heterocycles. The summed E-state index contributed by atoms with van der Waals surface area (Å²) in [4.78, 5) is 0.297. The van der Waals surface area contributed by atoms with Crippen LogP contribution < -0.4 is 4.72 Å². The van der Waals surface area contributed by atoms with Crippen LogP contribution in [0.2, 0.25) is 0 Å². The maximum Gasteiger partial charge on any atom is 0.240 e. The Labute approximate surface area is 102 Å². The molecule has 5 heteroatoms. The third kappa shape index (κ3) is 3.28. The van der Waals surface area contributed by atoms with E-state index in [1.54, 1.807) is 30.3 Å². The molecule has 2 N–H and O–H groups in total. The Morgan fingerprint density at radius 2 is 1.65 bits per heavy atom. The van der Waals surface area contributed by atoms with Gasteiger partial charge < -0.3 is 5.11 Å². The van der Waals surface area contributed by atoms with Gasteiger partial charge in [-0.25, -0.2) is 13.1 Å². The van der Waals surface area contributed by atoms with Crippen LogP contribution in [0, 0.1) is 0 Å². The van der Waals surface area contributed by atoms with Gasteiger partial charge in [-0.15, -0.1) is 0 Å². The van der Waals surface area contributed by atoms with Crippen LogP contribution in [-0.2, 0) is 10.0 Å². The summed E-state index contributed by atoms with van der Waals surface area (Å²) < 4.78 is 26.7. The molecular formula is C12H17NO3S. The molecule has 0 radical (unpaired) electrons. The third-order valence-corrected chi connectivity index (χ3v) is 4.61. The van der Waals surface area contributed by atoms with Gasteiger partial charge in [0.05, 0.1) is 11.0 Å². The average Bonchev–Trinajstić information content (AvgIpc) is 2.33. The van der Waals surface area contributed by atoms with Crippen molar-refractivity contribution in [3.05, 3.63) is 30.3 Å². The van der Waals surface area contributed by atoms with Gasteiger partial charge in [-0.2, -0.15) is 0 Å². The van der Waals surface area contributed by atoms with Gasteiger partial charge in [-0.3, -0.25) is 0 Å². The van der Waals surface area contributed by atoms with E-state index >= 15 is 0 Å². The van der Waals surface area contributed by atoms with E-state index < -0.39 is 10.0 Å². The van der Waals surface area contributed by atoms with Crippen molar-refractivity contribution in [1.29, 1.82) is 0 Å². The van der Waals surface area contributed by atoms with Crippen molar-refractivity contribution in [2.75, 3.05) is 0 Å². The molecule has 0 unspecified atom stereocenters. The van der Waals surface area contributed by atoms with Crippen LogP contribution >= 0.6 is 0 Å². The van der Waals surface area contributed by atoms with Crippen molar-refractivity contribution in [1.82, 2.24) is 4.72 Å². The Morgan fingerprint density at radius 3 is 2.24 bits per heavy atom. The van der Waals surface area contributed by atoms with E-state index in [1.165, 1.54) is 0 Å². The molecule has 0 amide bonds. The molecule has 4 nitrogen and oxygen atoms in total. The highest BCUT2D eigenvalue weighted by molar-refractivity contribution is 7.89. The number of hydrogen-bond donors (Lipinski definition) is 2. The molecule has 0 saturated heterocycles. The van der Waals surface area contributed by atoms with Crippen molar-refractivity contribution >= 4 is 10.0 Å². The molecule has 17 heavy (non-hydrogen) atoms. The van der Waals surface area contributed by atoms with Gasteiger partial charge in [0.15, 0.2) is 0 Å². The van der Waals surface area contributed by atoms with Gasteiger partial charge in [0.2, 0.25) is 10.0 Å². The predicted molar refractivity (Wildman–Crippen MR) is 65.0 cm³/mol. The summed E-state index contributed by atoms with van der Waals surface area (Å²) in [5.74, 6) is 0. The number of aliphatic hydroxyl groups excluding tert-OH is 1. The smallest absolute Gasteiger partial charge is 0.240 e. The van der Waals surface area contributed by atoms with Crippen LogP contribution in [-0.4, -0.2) is 25.7 Å². The highest BCUT2D eigenvalue weighted by atomic mass is 32.2. The first kappa shape index (κ1) is 12.5. The Balaban J connectivity index is 2.03. The number of aliphatic hydroxyl groups is 1. The van der Waals surface area contributed by atoms with Crippen LogP contribution in [0.1, 0.15) is 25.7 Å². The van der Waals surface area contributed by atoms with E-state index in [0.29, 0.717) is 30.6 Å². The Morgan fingerprint density at radius 1 is 1.06 bits per heavy atom. The zero-order chi connectivity index (χ0) is 12.3. The second kappa shape index (κ2) is 5.16. The first-order chi connectivity index (χ1) is 8.08. The van der Waals surface area contributed by atoms with Gasteiger partial charge in [-0.05, 0) is 37.8 Å². The monoisotopic (exact) mass is 255 g/mol. The maximum absolute atomic E-state index is 12.0. The highest BCUT2D eigenvalue weighted by Crippen LogP contribution is 2.20. The fraction of sp³-hybridized carbons (Fsp3) is 0.500. The molecule has 1 fully saturated rings. The minimum absolute atomic E-state index is 0.0522. The molecule has 1 aromatic rings. The Hall–Kier alpha value is -0.910. The molecule has 0 spiro atoms. The van der Waals surface area contributed by atoms with E-state index in [0.717, 1.165) is 0 Å². The lowest BCUT2D eigenvalue weighted by Gasteiger charge is -2.25. The number of hydrogen-bond acceptors (Lipinski definition) is 3. The Bertz CT molecular complexity index is 450. The molecule has 0 bridgehead atoms. The molecular weight excluding hydrogens is 238 g/mol. The number of benzene rings is 1. The quantitative estimate of drug-likeness (QED) is 0.854. The summed E-state index contributed by atoms with van der Waals surface area (Å²) in [5, 5.41) is 9.37. The van der Waals surface area contributed by atoms with E-state index in [2.05, 4.69) is 4.72 Å². The molecule has 94 valence electrons. The maximum atomic E-state index is 12.0. The summed E-state index contributed by atoms with van der Waals surface area (Å²) in [7, 11) is -3.41. The second-order valence-corrected chi connectivity index (χ2v) is 6.15. The largest absolute Gasteiger partial charge is 0.393 e. The molecule has 1 aromatic carbocycles. The van der Waals surface area contributed by atoms with Gasteiger partial charge in [0.25, 0.3) is 0 Å². The van der Waals surface area contributed by atoms with Crippen molar-refractivity contribution in [2.24, 2.45) is 0 Å². The fourth-order valence-electron chi connectivity index (χ4n) is 2.08. The van der Waals surface area contributed by atoms with E-state index in [9.17, 15) is 13.5 Å². The van der Waals surface area contributed by atoms with Crippen molar-refractivity contribution < 1.29 is 13.5 Å². The fourth-order valence-corrected chi connectivity index (χ4v) is 3.41. The molecule has 0 aliphatic heterocycles. The third-order valence-electron chi connectivity index (χ3n) is 3.07. The standard InChI is InChI=1S/C12H17NO3S/c14-11-8-6-10(7-9-11)13-17(15,16)12-4-2-1-3-5-12/h1-5,10-11,13-14H,6-9H2/t10-,11-. The zero-order valence-electron chi connectivity index (χ0n) is 9.54. The van der Waals surface area contributed by atoms with Crippen molar-refractivity contribution in [3.8, 4) is 0 Å². The summed E-state index contributed by atoms with van der Waals surface area (Å²) in [6, 6.07) is 8.32. The van der Waals surface area contributed by atoms with Gasteiger partial charge in [0.1, 0.15) is 0 Å². The summed E-state index contributed by atoms with van der Waals surface area (Å²) in [5.41, 5.74) is 0. The van der Waals surface area contributed by atoms with Crippen LogP contribution in [0.4, 0.5) is 0 Å². The first-order valence-electron chi connectivity index (χ1n) is 5.83. The molecule has 0 atom stereocenters. The average molecular weight is 255 g/mol. The lowest BCUT2D eigenvalue weighted by atomic mass is 9.94. The predicted octanol–water partition coefficient (Wildman–Crippen LogP) is 1.27. The van der Waals surface area contributed by atoms with Gasteiger partial charge >= 0.3 is 0 Å². The van der Waals surface area contributed by atoms with E-state index in [-0.39, 0.29) is 12.1 Å². The van der Waals surface area contributed by atoms with Crippen LogP contribution in [0.3, 0.4) is 0 Å². The SMILES string of the molecule is O=S(=O)(N[C@H]1CC[C@H](O)CC1)c1ccccc1. The molecule has 0 heterocycles. The number of nitrogens with one attached hydrogen (secondary N) is 1. The summed E-state index contributed by atoms with van der Waals surface area (Å²) in [6.45, 7) is 0. The number of rotatable bonds is 3. The topological polar surface area (TPSA) is 66.4 Å². The molecule has 1 aliphatic carbocycles. The molecule has 1 aliphatic rings. The Kier molecular flexibility index (Phi) is 3.81. The van der Waals surface area contributed by atoms with Crippen LogP contribution in [0.5, 0.6) is 0 Å². The lowest BCUT2D eigenvalue weighted by molar-refractivity contribution is 0.120. The van der Waals surface area contributed by atoms with E-state index in [4.69, 9.17) is 0 Å². The zero-order valence-corrected chi connectivity index (χ0v) is 10.4.